The van der Waals surface area contributed by atoms with E-state index >= 15 is 0 Å². The molecule has 3 heterocycles. The summed E-state index contributed by atoms with van der Waals surface area (Å²) < 4.78 is 2.01. The molecule has 24 heavy (non-hydrogen) atoms. The van der Waals surface area contributed by atoms with Crippen LogP contribution in [0.5, 0.6) is 0 Å². The van der Waals surface area contributed by atoms with Gasteiger partial charge in [0.1, 0.15) is 11.5 Å². The van der Waals surface area contributed by atoms with Crippen molar-refractivity contribution in [3.8, 4) is 0 Å². The van der Waals surface area contributed by atoms with Gasteiger partial charge in [-0.3, -0.25) is 0 Å². The molecule has 4 aromatic rings. The molecule has 4 rings (SSSR count). The summed E-state index contributed by atoms with van der Waals surface area (Å²) in [6.07, 6.45) is 7.57. The second-order valence-electron chi connectivity index (χ2n) is 6.05. The number of nitrogen functional groups attached to an aromatic ring is 1. The number of nitrogens with two attached hydrogens (primary N) is 1. The standard InChI is InChI=1S/C19H19N5/c1-12-9-16-15(5-6-22-19(16)20)13(2)17(12)10-23-14-3-4-18-21-7-8-24(18)11-14/h3-9,11,23H,10H2,1-2H3,(H2,20,22). The van der Waals surface area contributed by atoms with E-state index in [1.807, 2.05) is 22.7 Å². The first-order valence-electron chi connectivity index (χ1n) is 7.93. The number of aromatic nitrogens is 3. The molecular formula is C19H19N5. The molecule has 0 unspecified atom stereocenters. The van der Waals surface area contributed by atoms with Crippen LogP contribution >= 0.6 is 0 Å². The maximum atomic E-state index is 6.02. The molecule has 0 fully saturated rings. The highest BCUT2D eigenvalue weighted by Gasteiger charge is 2.10. The highest BCUT2D eigenvalue weighted by molar-refractivity contribution is 5.94. The Kier molecular flexibility index (Phi) is 3.34. The molecule has 0 aliphatic carbocycles. The minimum atomic E-state index is 0.587. The van der Waals surface area contributed by atoms with E-state index in [0.29, 0.717) is 5.82 Å². The molecule has 3 N–H and O–H groups in total. The van der Waals surface area contributed by atoms with Gasteiger partial charge in [-0.25, -0.2) is 9.97 Å². The first kappa shape index (κ1) is 14.5. The van der Waals surface area contributed by atoms with Gasteiger partial charge in [-0.1, -0.05) is 0 Å². The minimum absolute atomic E-state index is 0.587. The Labute approximate surface area is 140 Å². The van der Waals surface area contributed by atoms with Crippen LogP contribution in [0.1, 0.15) is 16.7 Å². The summed E-state index contributed by atoms with van der Waals surface area (Å²) in [5.74, 6) is 0.587. The van der Waals surface area contributed by atoms with Crippen LogP contribution in [0.15, 0.2) is 49.1 Å². The van der Waals surface area contributed by atoms with Crippen LogP contribution in [0.25, 0.3) is 16.4 Å². The maximum absolute atomic E-state index is 6.02. The summed E-state index contributed by atoms with van der Waals surface area (Å²) in [7, 11) is 0. The van der Waals surface area contributed by atoms with Crippen LogP contribution in [-0.2, 0) is 6.54 Å². The fourth-order valence-electron chi connectivity index (χ4n) is 3.22. The van der Waals surface area contributed by atoms with Crippen molar-refractivity contribution >= 4 is 27.9 Å². The van der Waals surface area contributed by atoms with Gasteiger partial charge in [0.2, 0.25) is 0 Å². The Morgan fingerprint density at radius 1 is 1.08 bits per heavy atom. The Morgan fingerprint density at radius 2 is 1.96 bits per heavy atom. The number of aryl methyl sites for hydroxylation is 2. The van der Waals surface area contributed by atoms with Crippen LogP contribution in [0.2, 0.25) is 0 Å². The molecule has 0 spiro atoms. The summed E-state index contributed by atoms with van der Waals surface area (Å²) >= 11 is 0. The quantitative estimate of drug-likeness (QED) is 0.604. The number of fused-ring (bicyclic) bond motifs is 2. The van der Waals surface area contributed by atoms with Gasteiger partial charge in [-0.15, -0.1) is 0 Å². The molecular weight excluding hydrogens is 298 g/mol. The van der Waals surface area contributed by atoms with Crippen LogP contribution in [0, 0.1) is 13.8 Å². The molecule has 0 saturated carbocycles. The first-order chi connectivity index (χ1) is 11.6. The second kappa shape index (κ2) is 5.53. The number of nitrogens with one attached hydrogen (secondary N) is 1. The third-order valence-electron chi connectivity index (χ3n) is 4.57. The van der Waals surface area contributed by atoms with Crippen molar-refractivity contribution in [2.45, 2.75) is 20.4 Å². The lowest BCUT2D eigenvalue weighted by Crippen LogP contribution is -2.05. The van der Waals surface area contributed by atoms with Crippen LogP contribution < -0.4 is 11.1 Å². The zero-order valence-corrected chi connectivity index (χ0v) is 13.7. The Hall–Kier alpha value is -3.08. The van der Waals surface area contributed by atoms with Crippen molar-refractivity contribution in [3.63, 3.8) is 0 Å². The fraction of sp³-hybridized carbons (Fsp3) is 0.158. The summed E-state index contributed by atoms with van der Waals surface area (Å²) in [6.45, 7) is 5.02. The Morgan fingerprint density at radius 3 is 2.83 bits per heavy atom. The topological polar surface area (TPSA) is 68.2 Å². The molecule has 120 valence electrons. The van der Waals surface area contributed by atoms with Gasteiger partial charge in [0.15, 0.2) is 0 Å². The maximum Gasteiger partial charge on any atom is 0.136 e. The normalized spacial score (nSPS) is 11.2. The Balaban J connectivity index is 1.68. The van der Waals surface area contributed by atoms with Gasteiger partial charge < -0.3 is 15.5 Å². The molecule has 0 aliphatic rings. The van der Waals surface area contributed by atoms with Crippen molar-refractivity contribution in [1.29, 1.82) is 0 Å². The number of imidazole rings is 1. The smallest absolute Gasteiger partial charge is 0.136 e. The van der Waals surface area contributed by atoms with E-state index in [-0.39, 0.29) is 0 Å². The van der Waals surface area contributed by atoms with E-state index in [1.165, 1.54) is 16.7 Å². The number of nitrogens with zero attached hydrogens (tertiary/aromatic N) is 3. The van der Waals surface area contributed by atoms with Crippen molar-refractivity contribution in [1.82, 2.24) is 14.4 Å². The predicted molar refractivity (Wildman–Crippen MR) is 98.1 cm³/mol. The number of hydrogen-bond acceptors (Lipinski definition) is 4. The highest BCUT2D eigenvalue weighted by atomic mass is 15.0. The van der Waals surface area contributed by atoms with Crippen molar-refractivity contribution in [3.05, 3.63) is 65.7 Å². The van der Waals surface area contributed by atoms with Crippen molar-refractivity contribution in [2.24, 2.45) is 0 Å². The molecule has 0 aliphatic heterocycles. The first-order valence-corrected chi connectivity index (χ1v) is 7.93. The summed E-state index contributed by atoms with van der Waals surface area (Å²) in [5.41, 5.74) is 11.8. The monoisotopic (exact) mass is 317 g/mol. The fourth-order valence-corrected chi connectivity index (χ4v) is 3.22. The number of benzene rings is 1. The van der Waals surface area contributed by atoms with Gasteiger partial charge in [0, 0.05) is 36.7 Å². The van der Waals surface area contributed by atoms with Gasteiger partial charge in [-0.05, 0) is 60.2 Å². The molecule has 5 nitrogen and oxygen atoms in total. The molecule has 3 aromatic heterocycles. The molecule has 5 heteroatoms. The second-order valence-corrected chi connectivity index (χ2v) is 6.05. The zero-order chi connectivity index (χ0) is 16.7. The van der Waals surface area contributed by atoms with E-state index < -0.39 is 0 Å². The average molecular weight is 317 g/mol. The number of pyridine rings is 2. The predicted octanol–water partition coefficient (Wildman–Crippen LogP) is 3.69. The number of rotatable bonds is 3. The largest absolute Gasteiger partial charge is 0.383 e. The van der Waals surface area contributed by atoms with Crippen LogP contribution in [0.4, 0.5) is 11.5 Å². The van der Waals surface area contributed by atoms with E-state index in [9.17, 15) is 0 Å². The third kappa shape index (κ3) is 2.34. The van der Waals surface area contributed by atoms with E-state index in [2.05, 4.69) is 47.5 Å². The zero-order valence-electron chi connectivity index (χ0n) is 13.7. The number of hydrogen-bond donors (Lipinski definition) is 2. The van der Waals surface area contributed by atoms with Gasteiger partial charge in [0.05, 0.1) is 5.69 Å². The van der Waals surface area contributed by atoms with Crippen LogP contribution in [-0.4, -0.2) is 14.4 Å². The minimum Gasteiger partial charge on any atom is -0.383 e. The summed E-state index contributed by atoms with van der Waals surface area (Å²) in [6, 6.07) is 8.22. The molecule has 0 radical (unpaired) electrons. The average Bonchev–Trinajstić information content (AvgIpc) is 3.03. The summed E-state index contributed by atoms with van der Waals surface area (Å²) in [4.78, 5) is 8.46. The molecule has 1 aromatic carbocycles. The molecule has 0 bridgehead atoms. The molecule has 0 saturated heterocycles. The van der Waals surface area contributed by atoms with E-state index in [0.717, 1.165) is 28.7 Å². The van der Waals surface area contributed by atoms with E-state index in [4.69, 9.17) is 5.73 Å². The Bertz CT molecular complexity index is 1050. The van der Waals surface area contributed by atoms with Gasteiger partial charge >= 0.3 is 0 Å². The highest BCUT2D eigenvalue weighted by Crippen LogP contribution is 2.28. The third-order valence-corrected chi connectivity index (χ3v) is 4.57. The van der Waals surface area contributed by atoms with Gasteiger partial charge in [0.25, 0.3) is 0 Å². The lowest BCUT2D eigenvalue weighted by molar-refractivity contribution is 1.08. The summed E-state index contributed by atoms with van der Waals surface area (Å²) in [5, 5.41) is 5.69. The molecule has 0 atom stereocenters. The SMILES string of the molecule is Cc1cc2c(N)nccc2c(C)c1CNc1ccc2nccn2c1. The van der Waals surface area contributed by atoms with Crippen LogP contribution in [0.3, 0.4) is 0 Å². The van der Waals surface area contributed by atoms with Crippen molar-refractivity contribution in [2.75, 3.05) is 11.1 Å². The number of anilines is 2. The van der Waals surface area contributed by atoms with E-state index in [1.54, 1.807) is 12.4 Å². The van der Waals surface area contributed by atoms with Crippen molar-refractivity contribution < 1.29 is 0 Å². The lowest BCUT2D eigenvalue weighted by Gasteiger charge is -2.15. The molecule has 0 amide bonds. The van der Waals surface area contributed by atoms with Gasteiger partial charge in [-0.2, -0.15) is 0 Å². The lowest BCUT2D eigenvalue weighted by atomic mass is 9.96.